The minimum absolute atomic E-state index is 1.01. The van der Waals surface area contributed by atoms with Crippen LogP contribution in [0.4, 0.5) is 0 Å². The molecule has 0 bridgehead atoms. The van der Waals surface area contributed by atoms with Gasteiger partial charge in [0.05, 0.1) is 0 Å². The Morgan fingerprint density at radius 2 is 0.963 bits per heavy atom. The molecule has 3 aromatic carbocycles. The van der Waals surface area contributed by atoms with Crippen molar-refractivity contribution in [2.24, 2.45) is 0 Å². The Balaban J connectivity index is 2.08. The first-order valence-electron chi connectivity index (χ1n) is 10.0. The van der Waals surface area contributed by atoms with Gasteiger partial charge in [0.2, 0.25) is 0 Å². The summed E-state index contributed by atoms with van der Waals surface area (Å²) in [5, 5.41) is 4.82. The SMILES string of the molecule is c1ccc(P2(c3ccccc3)(c3ccccc3)CCCCCCPP2)cc1. The Morgan fingerprint density at radius 3 is 1.44 bits per heavy atom. The first kappa shape index (κ1) is 19.3. The third kappa shape index (κ3) is 3.42. The first-order valence-corrected chi connectivity index (χ1v) is 16.5. The van der Waals surface area contributed by atoms with Crippen molar-refractivity contribution < 1.29 is 0 Å². The van der Waals surface area contributed by atoms with Crippen LogP contribution in [-0.4, -0.2) is 12.3 Å². The van der Waals surface area contributed by atoms with Crippen molar-refractivity contribution in [3.63, 3.8) is 0 Å². The second kappa shape index (κ2) is 8.53. The third-order valence-corrected chi connectivity index (χ3v) is 24.3. The fraction of sp³-hybridized carbons (Fsp3) is 0.250. The average Bonchev–Trinajstić information content (AvgIpc) is 2.88. The van der Waals surface area contributed by atoms with E-state index in [1.807, 2.05) is 0 Å². The summed E-state index contributed by atoms with van der Waals surface area (Å²) in [4.78, 5) is 0. The molecule has 0 N–H and O–H groups in total. The van der Waals surface area contributed by atoms with Crippen LogP contribution in [0.15, 0.2) is 91.0 Å². The molecule has 1 heterocycles. The van der Waals surface area contributed by atoms with Crippen molar-refractivity contribution in [2.45, 2.75) is 25.7 Å². The molecule has 27 heavy (non-hydrogen) atoms. The zero-order chi connectivity index (χ0) is 18.4. The van der Waals surface area contributed by atoms with Gasteiger partial charge in [0.1, 0.15) is 0 Å². The van der Waals surface area contributed by atoms with Gasteiger partial charge in [-0.15, -0.1) is 0 Å². The summed E-state index contributed by atoms with van der Waals surface area (Å²) in [6, 6.07) is 34.7. The van der Waals surface area contributed by atoms with E-state index in [1.165, 1.54) is 38.0 Å². The quantitative estimate of drug-likeness (QED) is 0.446. The summed E-state index contributed by atoms with van der Waals surface area (Å²) in [5.41, 5.74) is 0. The molecule has 0 saturated carbocycles. The molecule has 1 saturated heterocycles. The zero-order valence-electron chi connectivity index (χ0n) is 15.9. The molecule has 4 rings (SSSR count). The van der Waals surface area contributed by atoms with Crippen molar-refractivity contribution in [2.75, 3.05) is 12.3 Å². The predicted molar refractivity (Wildman–Crippen MR) is 130 cm³/mol. The molecule has 3 heteroatoms. The summed E-state index contributed by atoms with van der Waals surface area (Å²) in [6.45, 7) is 0. The van der Waals surface area contributed by atoms with Crippen LogP contribution < -0.4 is 15.9 Å². The van der Waals surface area contributed by atoms with Crippen LogP contribution in [0.25, 0.3) is 0 Å². The third-order valence-electron chi connectivity index (χ3n) is 5.96. The Bertz CT molecular complexity index is 733. The van der Waals surface area contributed by atoms with Crippen LogP contribution in [0.3, 0.4) is 0 Å². The number of hydrogen-bond donors (Lipinski definition) is 0. The normalized spacial score (nSPS) is 22.7. The number of hydrogen-bond acceptors (Lipinski definition) is 0. The van der Waals surface area contributed by atoms with E-state index in [-0.39, 0.29) is 0 Å². The Hall–Kier alpha value is -1.05. The molecule has 0 nitrogen and oxygen atoms in total. The standard InChI is InChI=1S/C24H29P3/c1-2-13-21-27(26-25-20-12-1,22-14-6-3-7-15-22,23-16-8-4-9-17-23)24-18-10-5-11-19-24/h3-11,14-19,25-26H,1-2,12-13,20-21H2. The monoisotopic (exact) mass is 410 g/mol. The van der Waals surface area contributed by atoms with Crippen molar-refractivity contribution in [3.8, 4) is 0 Å². The van der Waals surface area contributed by atoms with E-state index < -0.39 is 6.29 Å². The Kier molecular flexibility index (Phi) is 6.09. The molecule has 0 aliphatic carbocycles. The first-order chi connectivity index (χ1) is 13.4. The van der Waals surface area contributed by atoms with Crippen LogP contribution in [0.2, 0.25) is 0 Å². The Morgan fingerprint density at radius 1 is 0.519 bits per heavy atom. The van der Waals surface area contributed by atoms with Gasteiger partial charge in [-0.1, -0.05) is 0 Å². The Labute approximate surface area is 167 Å². The molecule has 1 aliphatic heterocycles. The van der Waals surface area contributed by atoms with Gasteiger partial charge in [0, 0.05) is 0 Å². The fourth-order valence-corrected chi connectivity index (χ4v) is 24.8. The summed E-state index contributed by atoms with van der Waals surface area (Å²) < 4.78 is 0. The molecule has 1 aliphatic rings. The number of benzene rings is 3. The molecule has 0 spiro atoms. The van der Waals surface area contributed by atoms with Gasteiger partial charge >= 0.3 is 167 Å². The second-order valence-corrected chi connectivity index (χ2v) is 19.9. The van der Waals surface area contributed by atoms with Crippen LogP contribution >= 0.6 is 22.5 Å². The average molecular weight is 410 g/mol. The second-order valence-electron chi connectivity index (χ2n) is 7.49. The van der Waals surface area contributed by atoms with Crippen molar-refractivity contribution in [1.82, 2.24) is 0 Å². The van der Waals surface area contributed by atoms with E-state index in [2.05, 4.69) is 91.0 Å². The maximum atomic E-state index is 2.44. The van der Waals surface area contributed by atoms with E-state index >= 15 is 0 Å². The van der Waals surface area contributed by atoms with E-state index in [0.717, 1.165) is 16.2 Å². The van der Waals surface area contributed by atoms with Crippen LogP contribution in [0.5, 0.6) is 0 Å². The van der Waals surface area contributed by atoms with E-state index in [4.69, 9.17) is 0 Å². The summed E-state index contributed by atoms with van der Waals surface area (Å²) >= 11 is 0. The minimum atomic E-state index is -2.45. The van der Waals surface area contributed by atoms with Crippen LogP contribution in [0.1, 0.15) is 25.7 Å². The van der Waals surface area contributed by atoms with E-state index in [1.54, 1.807) is 15.9 Å². The molecule has 1 fully saturated rings. The van der Waals surface area contributed by atoms with Crippen LogP contribution in [0, 0.1) is 0 Å². The number of rotatable bonds is 3. The molecular weight excluding hydrogens is 381 g/mol. The molecule has 0 radical (unpaired) electrons. The van der Waals surface area contributed by atoms with Gasteiger partial charge in [-0.05, 0) is 0 Å². The molecular formula is C24H29P3. The molecule has 2 atom stereocenters. The summed E-state index contributed by atoms with van der Waals surface area (Å²) in [7, 11) is 2.08. The van der Waals surface area contributed by atoms with E-state index in [0.29, 0.717) is 0 Å². The summed E-state index contributed by atoms with van der Waals surface area (Å²) in [5.74, 6) is 0. The van der Waals surface area contributed by atoms with Crippen molar-refractivity contribution >= 4 is 38.4 Å². The van der Waals surface area contributed by atoms with Gasteiger partial charge in [-0.3, -0.25) is 0 Å². The summed E-state index contributed by atoms with van der Waals surface area (Å²) in [6.07, 6.45) is 5.82. The molecule has 140 valence electrons. The van der Waals surface area contributed by atoms with E-state index in [9.17, 15) is 0 Å². The molecule has 0 aromatic heterocycles. The topological polar surface area (TPSA) is 0 Å². The predicted octanol–water partition coefficient (Wildman–Crippen LogP) is 6.28. The van der Waals surface area contributed by atoms with Gasteiger partial charge in [-0.25, -0.2) is 0 Å². The fourth-order valence-electron chi connectivity index (χ4n) is 4.58. The van der Waals surface area contributed by atoms with Gasteiger partial charge in [0.15, 0.2) is 0 Å². The van der Waals surface area contributed by atoms with Gasteiger partial charge < -0.3 is 0 Å². The molecule has 0 amide bonds. The van der Waals surface area contributed by atoms with Crippen molar-refractivity contribution in [3.05, 3.63) is 91.0 Å². The zero-order valence-corrected chi connectivity index (χ0v) is 18.7. The van der Waals surface area contributed by atoms with Crippen molar-refractivity contribution in [1.29, 1.82) is 0 Å². The van der Waals surface area contributed by atoms with Gasteiger partial charge in [0.25, 0.3) is 0 Å². The molecule has 3 aromatic rings. The van der Waals surface area contributed by atoms with Gasteiger partial charge in [-0.2, -0.15) is 0 Å². The molecule has 2 unspecified atom stereocenters. The van der Waals surface area contributed by atoms with Crippen LogP contribution in [-0.2, 0) is 0 Å². The maximum absolute atomic E-state index is 2.45.